The highest BCUT2D eigenvalue weighted by Crippen LogP contribution is 1.95. The largest absolute Gasteiger partial charge is 0.550 e. The Morgan fingerprint density at radius 2 is 1.50 bits per heavy atom. The van der Waals surface area contributed by atoms with Crippen LogP contribution in [0.5, 0.6) is 0 Å². The lowest BCUT2D eigenvalue weighted by Gasteiger charge is -2.14. The molecule has 0 spiro atoms. The SMILES string of the molecule is CC(C)CC(=O)[O-].C[N+](C)(C)C. The maximum atomic E-state index is 9.70. The van der Waals surface area contributed by atoms with Gasteiger partial charge in [0.05, 0.1) is 28.2 Å². The van der Waals surface area contributed by atoms with Gasteiger partial charge in [0.25, 0.3) is 0 Å². The van der Waals surface area contributed by atoms with Gasteiger partial charge in [-0.1, -0.05) is 13.8 Å². The zero-order valence-electron chi connectivity index (χ0n) is 9.05. The van der Waals surface area contributed by atoms with Gasteiger partial charge in [-0.3, -0.25) is 0 Å². The Labute approximate surface area is 75.6 Å². The molecule has 0 aliphatic rings. The second-order valence-corrected chi connectivity index (χ2v) is 4.65. The minimum atomic E-state index is -0.963. The van der Waals surface area contributed by atoms with E-state index in [1.165, 1.54) is 0 Å². The normalized spacial score (nSPS) is 10.6. The molecule has 0 heterocycles. The van der Waals surface area contributed by atoms with Crippen LogP contribution < -0.4 is 5.11 Å². The van der Waals surface area contributed by atoms with Crippen LogP contribution >= 0.6 is 0 Å². The fraction of sp³-hybridized carbons (Fsp3) is 0.889. The van der Waals surface area contributed by atoms with E-state index in [1.54, 1.807) is 0 Å². The predicted octanol–water partition coefficient (Wildman–Crippen LogP) is 0.105. The second-order valence-electron chi connectivity index (χ2n) is 4.65. The fourth-order valence-corrected chi connectivity index (χ4v) is 0.333. The van der Waals surface area contributed by atoms with Gasteiger partial charge in [0.1, 0.15) is 0 Å². The number of carbonyl (C=O) groups excluding carboxylic acids is 1. The predicted molar refractivity (Wildman–Crippen MR) is 48.4 cm³/mol. The quantitative estimate of drug-likeness (QED) is 0.559. The molecule has 0 atom stereocenters. The monoisotopic (exact) mass is 175 g/mol. The van der Waals surface area contributed by atoms with E-state index in [-0.39, 0.29) is 12.3 Å². The summed E-state index contributed by atoms with van der Waals surface area (Å²) in [5, 5.41) is 9.70. The van der Waals surface area contributed by atoms with Gasteiger partial charge in [0.2, 0.25) is 0 Å². The number of carboxylic acid groups (broad SMARTS) is 1. The molecule has 74 valence electrons. The van der Waals surface area contributed by atoms with Crippen LogP contribution in [0.25, 0.3) is 0 Å². The number of hydrogen-bond donors (Lipinski definition) is 0. The highest BCUT2D eigenvalue weighted by atomic mass is 16.4. The molecule has 12 heavy (non-hydrogen) atoms. The van der Waals surface area contributed by atoms with Gasteiger partial charge >= 0.3 is 0 Å². The van der Waals surface area contributed by atoms with Crippen LogP contribution in [0.1, 0.15) is 20.3 Å². The summed E-state index contributed by atoms with van der Waals surface area (Å²) in [4.78, 5) is 9.70. The minimum absolute atomic E-state index is 0.167. The number of aliphatic carboxylic acids is 1. The number of carboxylic acids is 1. The molecular formula is C9H21NO2. The first kappa shape index (κ1) is 14.0. The molecule has 0 N–H and O–H groups in total. The Morgan fingerprint density at radius 3 is 1.50 bits per heavy atom. The molecule has 0 aliphatic carbocycles. The molecule has 0 aromatic carbocycles. The number of nitrogens with zero attached hydrogens (tertiary/aromatic N) is 1. The van der Waals surface area contributed by atoms with Crippen molar-refractivity contribution in [2.45, 2.75) is 20.3 Å². The van der Waals surface area contributed by atoms with Gasteiger partial charge in [-0.25, -0.2) is 0 Å². The van der Waals surface area contributed by atoms with Crippen molar-refractivity contribution in [3.63, 3.8) is 0 Å². The van der Waals surface area contributed by atoms with E-state index in [0.29, 0.717) is 0 Å². The summed E-state index contributed by atoms with van der Waals surface area (Å²) < 4.78 is 1.00. The third kappa shape index (κ3) is 57.0. The maximum absolute atomic E-state index is 9.70. The van der Waals surface area contributed by atoms with E-state index in [4.69, 9.17) is 0 Å². The molecule has 0 radical (unpaired) electrons. The molecule has 0 fully saturated rings. The molecule has 0 aromatic heterocycles. The van der Waals surface area contributed by atoms with Crippen molar-refractivity contribution in [2.75, 3.05) is 28.2 Å². The van der Waals surface area contributed by atoms with Crippen molar-refractivity contribution in [1.82, 2.24) is 0 Å². The van der Waals surface area contributed by atoms with Crippen LogP contribution in [0, 0.1) is 5.92 Å². The Hall–Kier alpha value is -0.570. The van der Waals surface area contributed by atoms with Crippen LogP contribution in [0.2, 0.25) is 0 Å². The lowest BCUT2D eigenvalue weighted by atomic mass is 10.1. The summed E-state index contributed by atoms with van der Waals surface area (Å²) in [6.45, 7) is 3.69. The van der Waals surface area contributed by atoms with E-state index in [1.807, 2.05) is 13.8 Å². The molecule has 0 aromatic rings. The standard InChI is InChI=1S/C5H10O2.C4H12N/c1-4(2)3-5(6)7;1-5(2,3)4/h4H,3H2,1-2H3,(H,6,7);1-4H3/q;+1/p-1. The Kier molecular flexibility index (Phi) is 6.99. The van der Waals surface area contributed by atoms with Gasteiger partial charge in [-0.15, -0.1) is 0 Å². The summed E-state index contributed by atoms with van der Waals surface area (Å²) >= 11 is 0. The van der Waals surface area contributed by atoms with Crippen molar-refractivity contribution in [2.24, 2.45) is 5.92 Å². The van der Waals surface area contributed by atoms with Crippen LogP contribution in [-0.4, -0.2) is 38.6 Å². The zero-order chi connectivity index (χ0) is 10.4. The van der Waals surface area contributed by atoms with Crippen LogP contribution in [0.3, 0.4) is 0 Å². The Morgan fingerprint density at radius 1 is 1.25 bits per heavy atom. The average Bonchev–Trinajstić information content (AvgIpc) is 1.52. The number of hydrogen-bond acceptors (Lipinski definition) is 2. The van der Waals surface area contributed by atoms with Crippen LogP contribution in [0.4, 0.5) is 0 Å². The number of carbonyl (C=O) groups is 1. The highest BCUT2D eigenvalue weighted by molar-refractivity contribution is 5.64. The van der Waals surface area contributed by atoms with Crippen molar-refractivity contribution in [3.05, 3.63) is 0 Å². The molecule has 0 saturated heterocycles. The molecule has 3 nitrogen and oxygen atoms in total. The van der Waals surface area contributed by atoms with Crippen molar-refractivity contribution in [1.29, 1.82) is 0 Å². The average molecular weight is 175 g/mol. The second kappa shape index (κ2) is 6.00. The molecule has 0 bridgehead atoms. The molecule has 0 rings (SSSR count). The van der Waals surface area contributed by atoms with Crippen molar-refractivity contribution >= 4 is 5.97 Å². The number of rotatable bonds is 2. The van der Waals surface area contributed by atoms with Crippen LogP contribution in [-0.2, 0) is 4.79 Å². The first-order valence-electron chi connectivity index (χ1n) is 4.11. The third-order valence-electron chi connectivity index (χ3n) is 0.575. The smallest absolute Gasteiger partial charge is 0.0675 e. The van der Waals surface area contributed by atoms with Crippen LogP contribution in [0.15, 0.2) is 0 Å². The number of quaternary nitrogens is 1. The molecular weight excluding hydrogens is 154 g/mol. The van der Waals surface area contributed by atoms with Gasteiger partial charge in [0.15, 0.2) is 0 Å². The lowest BCUT2D eigenvalue weighted by molar-refractivity contribution is -0.849. The molecule has 3 heteroatoms. The Balaban J connectivity index is 0. The first-order valence-corrected chi connectivity index (χ1v) is 4.11. The first-order chi connectivity index (χ1) is 5.13. The van der Waals surface area contributed by atoms with Crippen molar-refractivity contribution < 1.29 is 14.4 Å². The maximum Gasteiger partial charge on any atom is 0.0675 e. The summed E-state index contributed by atoms with van der Waals surface area (Å²) in [7, 11) is 8.50. The van der Waals surface area contributed by atoms with E-state index in [2.05, 4.69) is 28.2 Å². The van der Waals surface area contributed by atoms with Gasteiger partial charge < -0.3 is 14.4 Å². The van der Waals surface area contributed by atoms with Gasteiger partial charge in [0, 0.05) is 5.97 Å². The molecule has 0 aliphatic heterocycles. The van der Waals surface area contributed by atoms with E-state index in [9.17, 15) is 9.90 Å². The van der Waals surface area contributed by atoms with Crippen molar-refractivity contribution in [3.8, 4) is 0 Å². The van der Waals surface area contributed by atoms with Gasteiger partial charge in [-0.2, -0.15) is 0 Å². The minimum Gasteiger partial charge on any atom is -0.550 e. The fourth-order valence-electron chi connectivity index (χ4n) is 0.333. The van der Waals surface area contributed by atoms with Gasteiger partial charge in [-0.05, 0) is 12.3 Å². The van der Waals surface area contributed by atoms with E-state index < -0.39 is 5.97 Å². The summed E-state index contributed by atoms with van der Waals surface area (Å²) in [5.41, 5.74) is 0. The van der Waals surface area contributed by atoms with E-state index >= 15 is 0 Å². The molecule has 0 amide bonds. The third-order valence-corrected chi connectivity index (χ3v) is 0.575. The topological polar surface area (TPSA) is 40.1 Å². The summed E-state index contributed by atoms with van der Waals surface area (Å²) in [6, 6.07) is 0. The van der Waals surface area contributed by atoms with E-state index in [0.717, 1.165) is 4.48 Å². The lowest BCUT2D eigenvalue weighted by Crippen LogP contribution is -2.27. The Bertz CT molecular complexity index is 119. The summed E-state index contributed by atoms with van der Waals surface area (Å²) in [6.07, 6.45) is 0.167. The highest BCUT2D eigenvalue weighted by Gasteiger charge is 1.90. The molecule has 0 saturated carbocycles. The summed E-state index contributed by atoms with van der Waals surface area (Å²) in [5.74, 6) is -0.750. The molecule has 0 unspecified atom stereocenters. The zero-order valence-corrected chi connectivity index (χ0v) is 9.05.